The Morgan fingerprint density at radius 1 is 1.14 bits per heavy atom. The minimum absolute atomic E-state index is 0.112. The first-order valence-electron chi connectivity index (χ1n) is 8.02. The molecule has 1 N–H and O–H groups in total. The van der Waals surface area contributed by atoms with E-state index in [4.69, 9.17) is 4.74 Å². The number of hydrogen-bond donors (Lipinski definition) is 1. The van der Waals surface area contributed by atoms with Crippen LogP contribution in [0, 0.1) is 0 Å². The molecule has 5 nitrogen and oxygen atoms in total. The van der Waals surface area contributed by atoms with Crippen LogP contribution in [0.25, 0.3) is 0 Å². The van der Waals surface area contributed by atoms with Crippen LogP contribution in [0.4, 0.5) is 0 Å². The maximum atomic E-state index is 11.9. The second-order valence-electron chi connectivity index (χ2n) is 5.54. The number of unbranched alkanes of at least 4 members (excludes halogenated alkanes) is 4. The Morgan fingerprint density at radius 3 is 2.55 bits per heavy atom. The minimum atomic E-state index is -0.112. The van der Waals surface area contributed by atoms with Crippen LogP contribution in [-0.2, 0) is 13.0 Å². The number of ether oxygens (including phenoxy) is 1. The van der Waals surface area contributed by atoms with Crippen LogP contribution in [0.2, 0.25) is 0 Å². The molecule has 0 aliphatic heterocycles. The van der Waals surface area contributed by atoms with Crippen molar-refractivity contribution in [3.8, 4) is 5.75 Å². The quantitative estimate of drug-likeness (QED) is 0.724. The van der Waals surface area contributed by atoms with E-state index in [0.29, 0.717) is 18.8 Å². The van der Waals surface area contributed by atoms with Crippen molar-refractivity contribution in [2.24, 2.45) is 0 Å². The summed E-state index contributed by atoms with van der Waals surface area (Å²) in [6.45, 7) is 2.89. The Bertz CT molecular complexity index is 614. The summed E-state index contributed by atoms with van der Waals surface area (Å²) in [7, 11) is 1.65. The predicted molar refractivity (Wildman–Crippen MR) is 87.4 cm³/mol. The molecule has 0 aliphatic rings. The molecule has 120 valence electrons. The summed E-state index contributed by atoms with van der Waals surface area (Å²) in [5.74, 6) is 1.54. The van der Waals surface area contributed by atoms with Gasteiger partial charge in [0.05, 0.1) is 7.11 Å². The Morgan fingerprint density at radius 2 is 1.86 bits per heavy atom. The van der Waals surface area contributed by atoms with E-state index in [1.165, 1.54) is 19.3 Å². The van der Waals surface area contributed by atoms with Gasteiger partial charge in [-0.2, -0.15) is 5.10 Å². The highest BCUT2D eigenvalue weighted by molar-refractivity contribution is 5.28. The van der Waals surface area contributed by atoms with Crippen molar-refractivity contribution < 1.29 is 4.74 Å². The Kier molecular flexibility index (Phi) is 6.25. The molecule has 0 spiro atoms. The Balaban J connectivity index is 1.89. The third kappa shape index (κ3) is 4.76. The van der Waals surface area contributed by atoms with Crippen LogP contribution in [-0.4, -0.2) is 21.9 Å². The van der Waals surface area contributed by atoms with Crippen molar-refractivity contribution in [2.75, 3.05) is 7.11 Å². The second kappa shape index (κ2) is 8.41. The maximum absolute atomic E-state index is 11.9. The number of nitrogens with zero attached hydrogens (tertiary/aromatic N) is 2. The molecule has 0 unspecified atom stereocenters. The molecular formula is C17H25N3O2. The van der Waals surface area contributed by atoms with Gasteiger partial charge in [0, 0.05) is 13.0 Å². The van der Waals surface area contributed by atoms with Crippen LogP contribution in [0.5, 0.6) is 5.75 Å². The molecule has 5 heteroatoms. The first-order chi connectivity index (χ1) is 10.7. The number of aromatic amines is 1. The molecule has 1 aromatic carbocycles. The molecule has 0 aliphatic carbocycles. The molecule has 0 saturated heterocycles. The third-order valence-electron chi connectivity index (χ3n) is 3.73. The van der Waals surface area contributed by atoms with E-state index in [1.807, 2.05) is 24.3 Å². The smallest absolute Gasteiger partial charge is 0.343 e. The van der Waals surface area contributed by atoms with Crippen molar-refractivity contribution in [2.45, 2.75) is 52.0 Å². The molecule has 1 heterocycles. The monoisotopic (exact) mass is 303 g/mol. The van der Waals surface area contributed by atoms with E-state index >= 15 is 0 Å². The number of methoxy groups -OCH3 is 1. The van der Waals surface area contributed by atoms with Gasteiger partial charge in [-0.1, -0.05) is 44.7 Å². The van der Waals surface area contributed by atoms with Gasteiger partial charge < -0.3 is 4.74 Å². The average Bonchev–Trinajstić information content (AvgIpc) is 2.87. The molecule has 0 bridgehead atoms. The fourth-order valence-electron chi connectivity index (χ4n) is 2.44. The number of aryl methyl sites for hydroxylation is 1. The molecule has 0 atom stereocenters. The number of rotatable bonds is 9. The van der Waals surface area contributed by atoms with Gasteiger partial charge in [0.1, 0.15) is 11.6 Å². The lowest BCUT2D eigenvalue weighted by Gasteiger charge is -2.01. The van der Waals surface area contributed by atoms with E-state index in [0.717, 1.165) is 24.2 Å². The zero-order valence-corrected chi connectivity index (χ0v) is 13.5. The summed E-state index contributed by atoms with van der Waals surface area (Å²) in [5.41, 5.74) is 0.989. The molecule has 0 radical (unpaired) electrons. The zero-order valence-electron chi connectivity index (χ0n) is 13.5. The van der Waals surface area contributed by atoms with Crippen LogP contribution in [0.15, 0.2) is 29.1 Å². The fourth-order valence-corrected chi connectivity index (χ4v) is 2.44. The molecule has 2 aromatic rings. The molecule has 22 heavy (non-hydrogen) atoms. The van der Waals surface area contributed by atoms with Crippen molar-refractivity contribution in [1.29, 1.82) is 0 Å². The normalized spacial score (nSPS) is 10.8. The number of nitrogens with one attached hydrogen (secondary N) is 1. The van der Waals surface area contributed by atoms with Gasteiger partial charge in [-0.15, -0.1) is 0 Å². The number of benzene rings is 1. The van der Waals surface area contributed by atoms with E-state index in [9.17, 15) is 4.79 Å². The van der Waals surface area contributed by atoms with E-state index in [2.05, 4.69) is 17.0 Å². The lowest BCUT2D eigenvalue weighted by molar-refractivity contribution is 0.414. The van der Waals surface area contributed by atoms with Crippen LogP contribution in [0.3, 0.4) is 0 Å². The fraction of sp³-hybridized carbons (Fsp3) is 0.529. The highest BCUT2D eigenvalue weighted by Crippen LogP contribution is 2.13. The average molecular weight is 303 g/mol. The summed E-state index contributed by atoms with van der Waals surface area (Å²) in [4.78, 5) is 14.7. The van der Waals surface area contributed by atoms with Crippen molar-refractivity contribution >= 4 is 0 Å². The summed E-state index contributed by atoms with van der Waals surface area (Å²) < 4.78 is 6.68. The summed E-state index contributed by atoms with van der Waals surface area (Å²) in [6.07, 6.45) is 6.51. The van der Waals surface area contributed by atoms with E-state index in [1.54, 1.807) is 11.8 Å². The van der Waals surface area contributed by atoms with Crippen molar-refractivity contribution in [3.05, 3.63) is 46.1 Å². The largest absolute Gasteiger partial charge is 0.497 e. The lowest BCUT2D eigenvalue weighted by atomic mass is 10.1. The second-order valence-corrected chi connectivity index (χ2v) is 5.54. The van der Waals surface area contributed by atoms with Gasteiger partial charge in [-0.3, -0.25) is 4.98 Å². The number of hydrogen-bond acceptors (Lipinski definition) is 3. The van der Waals surface area contributed by atoms with Gasteiger partial charge in [-0.05, 0) is 24.1 Å². The molecule has 0 saturated carbocycles. The topological polar surface area (TPSA) is 59.9 Å². The van der Waals surface area contributed by atoms with Gasteiger partial charge >= 0.3 is 5.69 Å². The van der Waals surface area contributed by atoms with Gasteiger partial charge in [0.2, 0.25) is 0 Å². The van der Waals surface area contributed by atoms with E-state index in [-0.39, 0.29) is 5.69 Å². The minimum Gasteiger partial charge on any atom is -0.497 e. The first kappa shape index (κ1) is 16.3. The zero-order chi connectivity index (χ0) is 15.8. The number of H-pyrrole nitrogens is 1. The molecule has 0 amide bonds. The Labute approximate surface area is 131 Å². The first-order valence-corrected chi connectivity index (χ1v) is 8.02. The highest BCUT2D eigenvalue weighted by Gasteiger charge is 2.06. The van der Waals surface area contributed by atoms with Crippen LogP contribution < -0.4 is 10.4 Å². The molecule has 0 fully saturated rings. The summed E-state index contributed by atoms with van der Waals surface area (Å²) in [5, 5.41) is 4.38. The third-order valence-corrected chi connectivity index (χ3v) is 3.73. The predicted octanol–water partition coefficient (Wildman–Crippen LogP) is 3.14. The van der Waals surface area contributed by atoms with Gasteiger partial charge in [0.15, 0.2) is 0 Å². The Hall–Kier alpha value is -2.04. The summed E-state index contributed by atoms with van der Waals surface area (Å²) >= 11 is 0. The summed E-state index contributed by atoms with van der Waals surface area (Å²) in [6, 6.07) is 7.80. The van der Waals surface area contributed by atoms with Crippen molar-refractivity contribution in [3.63, 3.8) is 0 Å². The van der Waals surface area contributed by atoms with Crippen LogP contribution in [0.1, 0.15) is 50.4 Å². The number of aromatic nitrogens is 3. The lowest BCUT2D eigenvalue weighted by Crippen LogP contribution is -2.18. The maximum Gasteiger partial charge on any atom is 0.343 e. The van der Waals surface area contributed by atoms with Crippen LogP contribution >= 0.6 is 0 Å². The van der Waals surface area contributed by atoms with Gasteiger partial charge in [0.25, 0.3) is 0 Å². The standard InChI is InChI=1S/C17H25N3O2/c1-3-4-5-6-7-12-20-17(21)18-16(19-20)13-14-8-10-15(22-2)11-9-14/h8-11H,3-7,12-13H2,1-2H3,(H,18,19,21). The van der Waals surface area contributed by atoms with E-state index < -0.39 is 0 Å². The molecule has 2 rings (SSSR count). The van der Waals surface area contributed by atoms with Gasteiger partial charge in [-0.25, -0.2) is 9.48 Å². The molecular weight excluding hydrogens is 278 g/mol. The SMILES string of the molecule is CCCCCCCn1nc(Cc2ccc(OC)cc2)[nH]c1=O. The highest BCUT2D eigenvalue weighted by atomic mass is 16.5. The van der Waals surface area contributed by atoms with Crippen molar-refractivity contribution in [1.82, 2.24) is 14.8 Å². The molecule has 1 aromatic heterocycles.